The van der Waals surface area contributed by atoms with E-state index >= 15 is 0 Å². The molecule has 0 aromatic carbocycles. The predicted molar refractivity (Wildman–Crippen MR) is 551 cm³/mol. The second kappa shape index (κ2) is 47.6. The first kappa shape index (κ1) is 112. The van der Waals surface area contributed by atoms with Gasteiger partial charge in [-0.25, -0.2) is 0 Å². The second-order valence-corrected chi connectivity index (χ2v) is 51.6. The van der Waals surface area contributed by atoms with Gasteiger partial charge in [0.25, 0.3) is 0 Å². The van der Waals surface area contributed by atoms with Crippen molar-refractivity contribution in [2.24, 2.45) is 213 Å². The first-order valence-corrected chi connectivity index (χ1v) is 60.2. The summed E-state index contributed by atoms with van der Waals surface area (Å²) in [5.74, 6) is 22.5. The maximum absolute atomic E-state index is 13.1. The molecule has 22 fully saturated rings. The van der Waals surface area contributed by atoms with Gasteiger partial charge in [0, 0.05) is 23.7 Å². The lowest BCUT2D eigenvalue weighted by atomic mass is 9.70. The number of hydrogen-bond acceptors (Lipinski definition) is 20. The van der Waals surface area contributed by atoms with Crippen LogP contribution in [0.15, 0.2) is 0 Å². The molecule has 44 atom stereocenters. The van der Waals surface area contributed by atoms with Gasteiger partial charge in [0.05, 0.1) is 123 Å². The van der Waals surface area contributed by atoms with Crippen molar-refractivity contribution in [2.45, 2.75) is 481 Å². The number of carbonyl (C=O) groups excluding carboxylic acids is 8. The van der Waals surface area contributed by atoms with Crippen LogP contribution in [0.3, 0.4) is 0 Å². The van der Waals surface area contributed by atoms with Crippen LogP contribution in [0.1, 0.15) is 410 Å². The summed E-state index contributed by atoms with van der Waals surface area (Å²) in [5, 5.41) is 0. The summed E-state index contributed by atoms with van der Waals surface area (Å²) in [5.41, 5.74) is -0.900. The van der Waals surface area contributed by atoms with E-state index in [0.717, 1.165) is 234 Å². The predicted octanol–water partition coefficient (Wildman–Crippen LogP) is 26.0. The Morgan fingerprint density at radius 1 is 0.282 bits per heavy atom. The number of esters is 8. The molecule has 8 aliphatic heterocycles. The van der Waals surface area contributed by atoms with Gasteiger partial charge in [-0.05, 0) is 376 Å². The van der Waals surface area contributed by atoms with Gasteiger partial charge in [-0.3, -0.25) is 38.4 Å². The molecule has 142 heavy (non-hydrogen) atoms. The Kier molecular flexibility index (Phi) is 37.5. The van der Waals surface area contributed by atoms with Gasteiger partial charge in [0.2, 0.25) is 0 Å². The van der Waals surface area contributed by atoms with E-state index in [2.05, 4.69) is 132 Å². The van der Waals surface area contributed by atoms with Crippen molar-refractivity contribution in [3.05, 3.63) is 0 Å². The SMILES string of the molecule is CCC1CC(CC)C2C3CC(CC3C(=O)OC(C)(C)C)C12.CCC1CC(CC)C2C3CC(CC3C(=O)OC(C)(C)CC)C12.CCC1CC(CC)C2C3CC(CC3C(=O)OC3(C)CCCC3)C12.CCC1CC(CC)C2C3CC(CC3C(=O)OC3(CC)CCCC3)C12.CCC1OC(CC)C2C(=O)OCC12.CCC1OC(CC)C2C(=O)OCC12.CCC1OC(CC)C2C(=O)OCC12.CCC1OC(CC)C2C(=O)OCC12. The van der Waals surface area contributed by atoms with Crippen LogP contribution in [0.2, 0.25) is 0 Å². The fourth-order valence-electron chi connectivity index (χ4n) is 36.8. The Morgan fingerprint density at radius 2 is 0.521 bits per heavy atom. The van der Waals surface area contributed by atoms with Crippen molar-refractivity contribution in [3.63, 3.8) is 0 Å². The average Bonchev–Trinajstić information content (AvgIpc) is 1.57. The van der Waals surface area contributed by atoms with Gasteiger partial charge < -0.3 is 56.8 Å². The molecule has 20 heteroatoms. The molecule has 0 aromatic heterocycles. The van der Waals surface area contributed by atoms with Crippen molar-refractivity contribution in [1.29, 1.82) is 0 Å². The zero-order valence-corrected chi connectivity index (χ0v) is 93.3. The van der Waals surface area contributed by atoms with Crippen LogP contribution in [-0.2, 0) is 95.2 Å². The second-order valence-electron chi connectivity index (χ2n) is 51.6. The van der Waals surface area contributed by atoms with Crippen molar-refractivity contribution < 1.29 is 95.2 Å². The third-order valence-electron chi connectivity index (χ3n) is 43.6. The molecule has 0 N–H and O–H groups in total. The zero-order valence-electron chi connectivity index (χ0n) is 93.3. The molecule has 8 bridgehead atoms. The summed E-state index contributed by atoms with van der Waals surface area (Å²) < 4.78 is 67.3. The molecular formula is C122H200O20. The summed E-state index contributed by atoms with van der Waals surface area (Å²) in [7, 11) is 0. The van der Waals surface area contributed by atoms with Gasteiger partial charge in [-0.1, -0.05) is 176 Å². The lowest BCUT2D eigenvalue weighted by molar-refractivity contribution is -0.169. The third-order valence-corrected chi connectivity index (χ3v) is 43.6. The van der Waals surface area contributed by atoms with E-state index in [1.165, 1.54) is 128 Å². The van der Waals surface area contributed by atoms with E-state index in [0.29, 0.717) is 73.8 Å². The standard InChI is InChI=1S/C22H36O2.C21H34O2.C20H34O2.C19H32O2.4C10H16O3/c1-4-14-11-15(5-2)20-17-12-16(19(14)20)13-18(17)21(23)24-22(6-3)9-7-8-10-22;1-4-13-10-14(5-2)19-16-11-15(18(13)19)12-17(16)20(22)23-21(3)8-6-7-9-21;1-6-12-9-13(7-2)18-15-10-14(17(12)18)11-16(15)19(21)22-20(4,5)8-3;1-6-11-8-12(7-2)17-14-9-13(16(11)17)10-15(14)18(20)21-19(3,4)5;4*1-3-7-6-5-12-10(11)9(6)8(4-2)13-7/h14-20H,4-13H2,1-3H3;13-19H,4-12H2,1-3H3;12-18H,6-11H2,1-5H3;11-17H,6-10H2,1-5H3;4*6-9H,3-5H2,1-2H3. The molecule has 22 aliphatic rings. The fraction of sp³-hybridized carbons (Fsp3) is 0.934. The fourth-order valence-corrected chi connectivity index (χ4v) is 36.8. The molecule has 8 heterocycles. The van der Waals surface area contributed by atoms with E-state index in [1.54, 1.807) is 0 Å². The highest BCUT2D eigenvalue weighted by Gasteiger charge is 2.68. The monoisotopic (exact) mass is 1990 g/mol. The van der Waals surface area contributed by atoms with Crippen LogP contribution in [0.4, 0.5) is 0 Å². The van der Waals surface area contributed by atoms with Crippen molar-refractivity contribution in [3.8, 4) is 0 Å². The molecule has 0 radical (unpaired) electrons. The van der Waals surface area contributed by atoms with Crippen molar-refractivity contribution >= 4 is 47.8 Å². The molecule has 14 saturated carbocycles. The summed E-state index contributed by atoms with van der Waals surface area (Å²) in [6.45, 7) is 54.3. The smallest absolute Gasteiger partial charge is 0.312 e. The summed E-state index contributed by atoms with van der Waals surface area (Å²) in [6.07, 6.45) is 46.0. The minimum Gasteiger partial charge on any atom is -0.465 e. The first-order valence-electron chi connectivity index (χ1n) is 60.2. The van der Waals surface area contributed by atoms with Gasteiger partial charge in [0.15, 0.2) is 0 Å². The summed E-state index contributed by atoms with van der Waals surface area (Å²) in [4.78, 5) is 96.8. The van der Waals surface area contributed by atoms with E-state index < -0.39 is 0 Å². The Bertz CT molecular complexity index is 3970. The highest BCUT2D eigenvalue weighted by molar-refractivity contribution is 5.79. The molecule has 22 rings (SSSR count). The van der Waals surface area contributed by atoms with Crippen LogP contribution in [0, 0.1) is 213 Å². The van der Waals surface area contributed by atoms with E-state index in [9.17, 15) is 38.4 Å². The van der Waals surface area contributed by atoms with E-state index in [1.807, 2.05) is 34.6 Å². The normalized spacial score (nSPS) is 44.6. The van der Waals surface area contributed by atoms with Crippen LogP contribution in [-0.4, -0.2) is 145 Å². The zero-order chi connectivity index (χ0) is 102. The lowest BCUT2D eigenvalue weighted by Crippen LogP contribution is -2.39. The van der Waals surface area contributed by atoms with Crippen LogP contribution in [0.5, 0.6) is 0 Å². The van der Waals surface area contributed by atoms with Crippen molar-refractivity contribution in [1.82, 2.24) is 0 Å². The highest BCUT2D eigenvalue weighted by atomic mass is 16.6. The highest BCUT2D eigenvalue weighted by Crippen LogP contribution is 2.71. The van der Waals surface area contributed by atoms with Gasteiger partial charge in [-0.2, -0.15) is 0 Å². The minimum atomic E-state index is -0.343. The number of hydrogen-bond donors (Lipinski definition) is 0. The Morgan fingerprint density at radius 3 is 0.761 bits per heavy atom. The molecule has 0 amide bonds. The lowest BCUT2D eigenvalue weighted by Gasteiger charge is -2.37. The Labute approximate surface area is 858 Å². The van der Waals surface area contributed by atoms with Crippen molar-refractivity contribution in [2.75, 3.05) is 26.4 Å². The molecular weight excluding hydrogens is 1790 g/mol. The maximum atomic E-state index is 13.1. The molecule has 8 saturated heterocycles. The maximum Gasteiger partial charge on any atom is 0.312 e. The Balaban J connectivity index is 0.000000124. The summed E-state index contributed by atoms with van der Waals surface area (Å²) in [6, 6.07) is 0. The summed E-state index contributed by atoms with van der Waals surface area (Å²) >= 11 is 0. The number of rotatable bonds is 25. The van der Waals surface area contributed by atoms with E-state index in [4.69, 9.17) is 56.8 Å². The van der Waals surface area contributed by atoms with Gasteiger partial charge in [0.1, 0.15) is 22.4 Å². The first-order chi connectivity index (χ1) is 68.0. The van der Waals surface area contributed by atoms with E-state index in [-0.39, 0.29) is 166 Å². The van der Waals surface area contributed by atoms with Crippen LogP contribution in [0.25, 0.3) is 0 Å². The number of fused-ring (bicyclic) bond motifs is 24. The van der Waals surface area contributed by atoms with Crippen LogP contribution >= 0.6 is 0 Å². The molecule has 0 aromatic rings. The quantitative estimate of drug-likeness (QED) is 0.0609. The average molecular weight is 1990 g/mol. The Hall–Kier alpha value is -4.40. The topological polar surface area (TPSA) is 247 Å². The largest absolute Gasteiger partial charge is 0.465 e. The van der Waals surface area contributed by atoms with Crippen LogP contribution < -0.4 is 0 Å². The molecule has 20 nitrogen and oxygen atoms in total. The molecule has 808 valence electrons. The number of ether oxygens (including phenoxy) is 12. The molecule has 0 spiro atoms. The van der Waals surface area contributed by atoms with Gasteiger partial charge >= 0.3 is 47.8 Å². The minimum absolute atomic E-state index is 0.0231. The third kappa shape index (κ3) is 22.3. The molecule has 14 aliphatic carbocycles. The number of cyclic esters (lactones) is 4. The molecule has 44 unspecified atom stereocenters. The van der Waals surface area contributed by atoms with Gasteiger partial charge in [-0.15, -0.1) is 0 Å². The number of carbonyl (C=O) groups is 8.